The second kappa shape index (κ2) is 8.23. The quantitative estimate of drug-likeness (QED) is 0.765. The summed E-state index contributed by atoms with van der Waals surface area (Å²) < 4.78 is 0. The van der Waals surface area contributed by atoms with Gasteiger partial charge in [-0.05, 0) is 18.4 Å². The third-order valence-corrected chi connectivity index (χ3v) is 5.14. The van der Waals surface area contributed by atoms with Crippen molar-refractivity contribution in [2.24, 2.45) is 5.92 Å². The van der Waals surface area contributed by atoms with E-state index in [-0.39, 0.29) is 24.3 Å². The second-order valence-electron chi connectivity index (χ2n) is 7.76. The van der Waals surface area contributed by atoms with Gasteiger partial charge in [0.1, 0.15) is 5.70 Å². The van der Waals surface area contributed by atoms with Gasteiger partial charge in [-0.25, -0.2) is 0 Å². The third kappa shape index (κ3) is 4.06. The van der Waals surface area contributed by atoms with Crippen LogP contribution >= 0.6 is 0 Å². The summed E-state index contributed by atoms with van der Waals surface area (Å²) in [6, 6.07) is 7.80. The van der Waals surface area contributed by atoms with Gasteiger partial charge in [-0.1, -0.05) is 43.7 Å². The van der Waals surface area contributed by atoms with Gasteiger partial charge in [0.15, 0.2) is 0 Å². The van der Waals surface area contributed by atoms with Crippen molar-refractivity contribution in [2.45, 2.75) is 20.8 Å². The Morgan fingerprint density at radius 1 is 1.00 bits per heavy atom. The fraction of sp³-hybridized carbons (Fsp3) is 0.524. The summed E-state index contributed by atoms with van der Waals surface area (Å²) in [7, 11) is 0. The van der Waals surface area contributed by atoms with E-state index in [4.69, 9.17) is 5.11 Å². The van der Waals surface area contributed by atoms with Crippen molar-refractivity contribution >= 4 is 17.4 Å². The number of aliphatic hydroxyl groups is 1. The van der Waals surface area contributed by atoms with Crippen LogP contribution in [0.3, 0.4) is 0 Å². The first-order valence-corrected chi connectivity index (χ1v) is 9.68. The fourth-order valence-electron chi connectivity index (χ4n) is 3.70. The Kier molecular flexibility index (Phi) is 5.97. The number of rotatable bonds is 6. The highest BCUT2D eigenvalue weighted by atomic mass is 16.3. The van der Waals surface area contributed by atoms with E-state index >= 15 is 0 Å². The molecule has 0 radical (unpaired) electrons. The molecule has 1 fully saturated rings. The summed E-state index contributed by atoms with van der Waals surface area (Å²) >= 11 is 0. The molecule has 0 bridgehead atoms. The highest BCUT2D eigenvalue weighted by Gasteiger charge is 2.42. The van der Waals surface area contributed by atoms with E-state index in [0.717, 1.165) is 24.2 Å². The molecule has 6 nitrogen and oxygen atoms in total. The van der Waals surface area contributed by atoms with Crippen molar-refractivity contribution in [3.63, 3.8) is 0 Å². The van der Waals surface area contributed by atoms with Crippen molar-refractivity contribution < 1.29 is 14.7 Å². The molecule has 0 aliphatic carbocycles. The van der Waals surface area contributed by atoms with Crippen LogP contribution in [0.15, 0.2) is 30.0 Å². The summed E-state index contributed by atoms with van der Waals surface area (Å²) in [4.78, 5) is 31.9. The predicted octanol–water partition coefficient (Wildman–Crippen LogP) is 1.34. The van der Waals surface area contributed by atoms with E-state index < -0.39 is 0 Å². The molecule has 1 aromatic rings. The molecule has 1 aromatic carbocycles. The minimum absolute atomic E-state index is 0.136. The number of hydrogen-bond donors (Lipinski definition) is 1. The van der Waals surface area contributed by atoms with Crippen molar-refractivity contribution in [3.8, 4) is 0 Å². The minimum Gasteiger partial charge on any atom is -0.395 e. The highest BCUT2D eigenvalue weighted by Crippen LogP contribution is 2.32. The number of carbonyl (C=O) groups excluding carboxylic acids is 2. The topological polar surface area (TPSA) is 64.1 Å². The van der Waals surface area contributed by atoms with Crippen LogP contribution in [-0.4, -0.2) is 77.5 Å². The van der Waals surface area contributed by atoms with Gasteiger partial charge in [0, 0.05) is 39.3 Å². The van der Waals surface area contributed by atoms with E-state index in [1.54, 1.807) is 0 Å². The van der Waals surface area contributed by atoms with Gasteiger partial charge in [0.05, 0.1) is 12.2 Å². The van der Waals surface area contributed by atoms with Gasteiger partial charge in [-0.3, -0.25) is 19.4 Å². The lowest BCUT2D eigenvalue weighted by Gasteiger charge is -2.36. The molecule has 2 aliphatic heterocycles. The Morgan fingerprint density at radius 2 is 1.63 bits per heavy atom. The molecule has 0 aromatic heterocycles. The smallest absolute Gasteiger partial charge is 0.277 e. The average Bonchev–Trinajstić information content (AvgIpc) is 2.88. The number of aliphatic hydroxyl groups excluding tert-OH is 1. The van der Waals surface area contributed by atoms with E-state index in [1.165, 1.54) is 4.90 Å². The van der Waals surface area contributed by atoms with Crippen LogP contribution in [0.2, 0.25) is 0 Å². The molecule has 1 N–H and O–H groups in total. The zero-order valence-electron chi connectivity index (χ0n) is 16.4. The van der Waals surface area contributed by atoms with Gasteiger partial charge in [-0.2, -0.15) is 0 Å². The molecule has 3 rings (SSSR count). The molecule has 0 unspecified atom stereocenters. The number of hydrogen-bond acceptors (Lipinski definition) is 5. The predicted molar refractivity (Wildman–Crippen MR) is 105 cm³/mol. The maximum Gasteiger partial charge on any atom is 0.277 e. The lowest BCUT2D eigenvalue weighted by atomic mass is 10.0. The number of β-amino-alcohol motifs (C(OH)–C–C–N with tert-alkyl or cyclic N) is 1. The summed E-state index contributed by atoms with van der Waals surface area (Å²) in [5, 5.41) is 9.13. The summed E-state index contributed by atoms with van der Waals surface area (Å²) in [6.07, 6.45) is 0. The maximum absolute atomic E-state index is 13.2. The van der Waals surface area contributed by atoms with Gasteiger partial charge in [0.25, 0.3) is 11.8 Å². The fourth-order valence-corrected chi connectivity index (χ4v) is 3.70. The molecule has 0 saturated carbocycles. The third-order valence-electron chi connectivity index (χ3n) is 5.14. The van der Waals surface area contributed by atoms with Crippen LogP contribution in [0.5, 0.6) is 0 Å². The molecular formula is C21H29N3O3. The lowest BCUT2D eigenvalue weighted by molar-refractivity contribution is -0.138. The molecule has 2 aliphatic rings. The van der Waals surface area contributed by atoms with Gasteiger partial charge < -0.3 is 10.0 Å². The molecule has 1 saturated heterocycles. The maximum atomic E-state index is 13.2. The average molecular weight is 371 g/mol. The zero-order chi connectivity index (χ0) is 19.6. The van der Waals surface area contributed by atoms with E-state index in [9.17, 15) is 9.59 Å². The number of carbonyl (C=O) groups is 2. The molecular weight excluding hydrogens is 342 g/mol. The molecule has 2 amide bonds. The first-order chi connectivity index (χ1) is 12.9. The van der Waals surface area contributed by atoms with Gasteiger partial charge in [-0.15, -0.1) is 0 Å². The van der Waals surface area contributed by atoms with Crippen molar-refractivity contribution in [1.29, 1.82) is 0 Å². The Bertz CT molecular complexity index is 732. The molecule has 2 heterocycles. The number of piperazine rings is 1. The minimum atomic E-state index is -0.189. The normalized spacial score (nSPS) is 19.0. The van der Waals surface area contributed by atoms with E-state index in [1.807, 2.05) is 49.9 Å². The van der Waals surface area contributed by atoms with Crippen LogP contribution in [-0.2, 0) is 9.59 Å². The van der Waals surface area contributed by atoms with Crippen molar-refractivity contribution in [2.75, 3.05) is 45.9 Å². The first-order valence-electron chi connectivity index (χ1n) is 9.68. The summed E-state index contributed by atoms with van der Waals surface area (Å²) in [5.74, 6) is -0.150. The number of aryl methyl sites for hydroxylation is 1. The molecule has 6 heteroatoms. The second-order valence-corrected chi connectivity index (χ2v) is 7.76. The van der Waals surface area contributed by atoms with Crippen LogP contribution in [0, 0.1) is 12.8 Å². The van der Waals surface area contributed by atoms with Gasteiger partial charge >= 0.3 is 0 Å². The summed E-state index contributed by atoms with van der Waals surface area (Å²) in [5.41, 5.74) is 2.98. The first kappa shape index (κ1) is 19.6. The Morgan fingerprint density at radius 3 is 2.19 bits per heavy atom. The van der Waals surface area contributed by atoms with Crippen LogP contribution < -0.4 is 0 Å². The number of nitrogens with zero attached hydrogens (tertiary/aromatic N) is 3. The SMILES string of the molecule is Cc1ccc(C2=C(N3CCN(CCO)CC3)C(=O)N(CC(C)C)C2=O)cc1. The van der Waals surface area contributed by atoms with Gasteiger partial charge in [0.2, 0.25) is 0 Å². The Hall–Kier alpha value is -2.18. The zero-order valence-corrected chi connectivity index (χ0v) is 16.4. The van der Waals surface area contributed by atoms with E-state index in [2.05, 4.69) is 4.90 Å². The molecule has 146 valence electrons. The van der Waals surface area contributed by atoms with E-state index in [0.29, 0.717) is 37.4 Å². The highest BCUT2D eigenvalue weighted by molar-refractivity contribution is 6.35. The largest absolute Gasteiger partial charge is 0.395 e. The molecule has 0 spiro atoms. The Labute approximate surface area is 161 Å². The number of amides is 2. The summed E-state index contributed by atoms with van der Waals surface area (Å²) in [6.45, 7) is 10.1. The van der Waals surface area contributed by atoms with Crippen LogP contribution in [0.25, 0.3) is 5.57 Å². The number of benzene rings is 1. The monoisotopic (exact) mass is 371 g/mol. The standard InChI is InChI=1S/C21H29N3O3/c1-15(2)14-24-20(26)18(17-6-4-16(3)5-7-17)19(21(24)27)23-10-8-22(9-11-23)12-13-25/h4-7,15,25H,8-14H2,1-3H3. The number of imide groups is 1. The molecule has 0 atom stereocenters. The van der Waals surface area contributed by atoms with Crippen molar-refractivity contribution in [3.05, 3.63) is 41.1 Å². The van der Waals surface area contributed by atoms with Crippen LogP contribution in [0.1, 0.15) is 25.0 Å². The van der Waals surface area contributed by atoms with Crippen molar-refractivity contribution in [1.82, 2.24) is 14.7 Å². The molecule has 27 heavy (non-hydrogen) atoms. The Balaban J connectivity index is 1.94. The van der Waals surface area contributed by atoms with Crippen LogP contribution in [0.4, 0.5) is 0 Å². The lowest BCUT2D eigenvalue weighted by Crippen LogP contribution is -2.48.